The van der Waals surface area contributed by atoms with Crippen LogP contribution >= 0.6 is 0 Å². The Morgan fingerprint density at radius 2 is 1.20 bits per heavy atom. The molecule has 6 nitrogen and oxygen atoms in total. The van der Waals surface area contributed by atoms with Gasteiger partial charge in [-0.1, -0.05) is 25.7 Å². The summed E-state index contributed by atoms with van der Waals surface area (Å²) in [5.74, 6) is -1.48. The van der Waals surface area contributed by atoms with E-state index in [0.29, 0.717) is 0 Å². The molecule has 1 rings (SSSR count). The molecule has 0 aromatic rings. The van der Waals surface area contributed by atoms with Gasteiger partial charge in [0.15, 0.2) is 0 Å². The van der Waals surface area contributed by atoms with Crippen molar-refractivity contribution in [2.45, 2.75) is 51.4 Å². The van der Waals surface area contributed by atoms with Crippen molar-refractivity contribution in [3.05, 3.63) is 0 Å². The van der Waals surface area contributed by atoms with Gasteiger partial charge in [-0.2, -0.15) is 0 Å². The maximum atomic E-state index is 10.1. The number of carbonyl (C=O) groups is 2. The lowest BCUT2D eigenvalue weighted by Crippen LogP contribution is -2.30. The zero-order valence-corrected chi connectivity index (χ0v) is 12.1. The summed E-state index contributed by atoms with van der Waals surface area (Å²) in [5, 5.41) is 19.9. The SMILES string of the molecule is C1COCCN1.O=C(O)CCCCCCCCC(=O)O. The minimum atomic E-state index is -0.740. The van der Waals surface area contributed by atoms with Crippen molar-refractivity contribution >= 4 is 11.9 Å². The molecule has 0 atom stereocenters. The third-order valence-corrected chi connectivity index (χ3v) is 2.88. The highest BCUT2D eigenvalue weighted by Gasteiger charge is 1.98. The largest absolute Gasteiger partial charge is 0.481 e. The van der Waals surface area contributed by atoms with E-state index in [2.05, 4.69) is 5.32 Å². The quantitative estimate of drug-likeness (QED) is 0.561. The van der Waals surface area contributed by atoms with Gasteiger partial charge in [-0.15, -0.1) is 0 Å². The molecule has 0 bridgehead atoms. The predicted octanol–water partition coefficient (Wildman–Crippen LogP) is 1.88. The highest BCUT2D eigenvalue weighted by molar-refractivity contribution is 5.66. The first-order chi connectivity index (χ1) is 9.63. The Morgan fingerprint density at radius 1 is 0.800 bits per heavy atom. The van der Waals surface area contributed by atoms with E-state index >= 15 is 0 Å². The van der Waals surface area contributed by atoms with Gasteiger partial charge in [-0.25, -0.2) is 0 Å². The molecule has 0 aromatic heterocycles. The fourth-order valence-electron chi connectivity index (χ4n) is 1.78. The standard InChI is InChI=1S/C10H18O4.C4H9NO/c11-9(12)7-5-3-1-2-4-6-8-10(13)14;1-3-6-4-2-5-1/h1-8H2,(H,11,12)(H,13,14);5H,1-4H2. The normalized spacial score (nSPS) is 14.2. The summed E-state index contributed by atoms with van der Waals surface area (Å²) < 4.78 is 5.01. The number of carboxylic acid groups (broad SMARTS) is 2. The molecule has 1 aliphatic heterocycles. The van der Waals surface area contributed by atoms with Gasteiger partial charge in [0.1, 0.15) is 0 Å². The van der Waals surface area contributed by atoms with Crippen molar-refractivity contribution in [1.29, 1.82) is 0 Å². The lowest BCUT2D eigenvalue weighted by atomic mass is 10.1. The number of morpholine rings is 1. The van der Waals surface area contributed by atoms with Crippen LogP contribution in [0.25, 0.3) is 0 Å². The number of carboxylic acids is 2. The Balaban J connectivity index is 0.000000493. The Kier molecular flexibility index (Phi) is 13.5. The molecule has 1 saturated heterocycles. The minimum Gasteiger partial charge on any atom is -0.481 e. The lowest BCUT2D eigenvalue weighted by Gasteiger charge is -2.10. The van der Waals surface area contributed by atoms with Crippen LogP contribution in [-0.4, -0.2) is 48.5 Å². The molecule has 0 aliphatic carbocycles. The molecular weight excluding hydrogens is 262 g/mol. The van der Waals surface area contributed by atoms with Crippen molar-refractivity contribution in [2.75, 3.05) is 26.3 Å². The smallest absolute Gasteiger partial charge is 0.303 e. The molecule has 3 N–H and O–H groups in total. The molecule has 0 aromatic carbocycles. The van der Waals surface area contributed by atoms with Gasteiger partial charge >= 0.3 is 11.9 Å². The number of hydrogen-bond donors (Lipinski definition) is 3. The highest BCUT2D eigenvalue weighted by atomic mass is 16.5. The molecule has 0 spiro atoms. The summed E-state index contributed by atoms with van der Waals surface area (Å²) in [5.41, 5.74) is 0. The average molecular weight is 289 g/mol. The molecule has 0 radical (unpaired) electrons. The second-order valence-corrected chi connectivity index (χ2v) is 4.77. The van der Waals surface area contributed by atoms with Crippen molar-refractivity contribution < 1.29 is 24.5 Å². The van der Waals surface area contributed by atoms with Gasteiger partial charge < -0.3 is 20.3 Å². The molecule has 20 heavy (non-hydrogen) atoms. The Bertz CT molecular complexity index is 222. The Morgan fingerprint density at radius 3 is 1.45 bits per heavy atom. The van der Waals surface area contributed by atoms with Crippen LogP contribution in [0.15, 0.2) is 0 Å². The van der Waals surface area contributed by atoms with Crippen molar-refractivity contribution in [2.24, 2.45) is 0 Å². The van der Waals surface area contributed by atoms with E-state index in [1.807, 2.05) is 0 Å². The van der Waals surface area contributed by atoms with Crippen molar-refractivity contribution in [1.82, 2.24) is 5.32 Å². The molecule has 6 heteroatoms. The molecule has 1 fully saturated rings. The Hall–Kier alpha value is -1.14. The van der Waals surface area contributed by atoms with Crippen LogP contribution in [0, 0.1) is 0 Å². The summed E-state index contributed by atoms with van der Waals surface area (Å²) in [4.78, 5) is 20.3. The maximum Gasteiger partial charge on any atom is 0.303 e. The first kappa shape index (κ1) is 18.9. The van der Waals surface area contributed by atoms with Gasteiger partial charge in [0, 0.05) is 25.9 Å². The molecule has 0 saturated carbocycles. The molecule has 0 unspecified atom stereocenters. The molecule has 1 heterocycles. The number of ether oxygens (including phenoxy) is 1. The predicted molar refractivity (Wildman–Crippen MR) is 75.9 cm³/mol. The van der Waals surface area contributed by atoms with Crippen LogP contribution in [0.1, 0.15) is 51.4 Å². The lowest BCUT2D eigenvalue weighted by molar-refractivity contribution is -0.138. The van der Waals surface area contributed by atoms with Crippen LogP contribution < -0.4 is 5.32 Å². The first-order valence-corrected chi connectivity index (χ1v) is 7.35. The number of aliphatic carboxylic acids is 2. The van der Waals surface area contributed by atoms with Gasteiger partial charge in [0.05, 0.1) is 13.2 Å². The van der Waals surface area contributed by atoms with E-state index < -0.39 is 11.9 Å². The average Bonchev–Trinajstić information content (AvgIpc) is 2.44. The summed E-state index contributed by atoms with van der Waals surface area (Å²) in [6, 6.07) is 0. The van der Waals surface area contributed by atoms with Crippen LogP contribution in [-0.2, 0) is 14.3 Å². The van der Waals surface area contributed by atoms with Crippen LogP contribution in [0.2, 0.25) is 0 Å². The summed E-state index contributed by atoms with van der Waals surface area (Å²) in [6.07, 6.45) is 5.82. The first-order valence-electron chi connectivity index (χ1n) is 7.35. The van der Waals surface area contributed by atoms with Crippen molar-refractivity contribution in [3.63, 3.8) is 0 Å². The summed E-state index contributed by atoms with van der Waals surface area (Å²) in [6.45, 7) is 3.83. The maximum absolute atomic E-state index is 10.1. The summed E-state index contributed by atoms with van der Waals surface area (Å²) in [7, 11) is 0. The second-order valence-electron chi connectivity index (χ2n) is 4.77. The van der Waals surface area contributed by atoms with Crippen molar-refractivity contribution in [3.8, 4) is 0 Å². The van der Waals surface area contributed by atoms with Gasteiger partial charge in [-0.05, 0) is 12.8 Å². The summed E-state index contributed by atoms with van der Waals surface area (Å²) >= 11 is 0. The van der Waals surface area contributed by atoms with Crippen LogP contribution in [0.3, 0.4) is 0 Å². The molecule has 0 amide bonds. The van der Waals surface area contributed by atoms with E-state index in [4.69, 9.17) is 14.9 Å². The number of unbranched alkanes of at least 4 members (excludes halogenated alkanes) is 5. The van der Waals surface area contributed by atoms with Gasteiger partial charge in [0.25, 0.3) is 0 Å². The third-order valence-electron chi connectivity index (χ3n) is 2.88. The van der Waals surface area contributed by atoms with Crippen LogP contribution in [0.5, 0.6) is 0 Å². The number of rotatable bonds is 9. The zero-order chi connectivity index (χ0) is 15.1. The topological polar surface area (TPSA) is 95.9 Å². The van der Waals surface area contributed by atoms with E-state index in [0.717, 1.165) is 64.8 Å². The third kappa shape index (κ3) is 16.9. The monoisotopic (exact) mass is 289 g/mol. The van der Waals surface area contributed by atoms with E-state index in [9.17, 15) is 9.59 Å². The number of nitrogens with one attached hydrogen (secondary N) is 1. The van der Waals surface area contributed by atoms with E-state index in [1.54, 1.807) is 0 Å². The number of hydrogen-bond acceptors (Lipinski definition) is 4. The van der Waals surface area contributed by atoms with Gasteiger partial charge in [-0.3, -0.25) is 9.59 Å². The molecule has 1 aliphatic rings. The molecular formula is C14H27NO5. The van der Waals surface area contributed by atoms with E-state index in [-0.39, 0.29) is 12.8 Å². The van der Waals surface area contributed by atoms with Gasteiger partial charge in [0.2, 0.25) is 0 Å². The zero-order valence-electron chi connectivity index (χ0n) is 12.1. The fourth-order valence-corrected chi connectivity index (χ4v) is 1.78. The fraction of sp³-hybridized carbons (Fsp3) is 0.857. The Labute approximate surface area is 120 Å². The molecule has 118 valence electrons. The second kappa shape index (κ2) is 14.3. The highest BCUT2D eigenvalue weighted by Crippen LogP contribution is 2.08. The minimum absolute atomic E-state index is 0.245. The van der Waals surface area contributed by atoms with E-state index in [1.165, 1.54) is 0 Å². The van der Waals surface area contributed by atoms with Crippen LogP contribution in [0.4, 0.5) is 0 Å².